The van der Waals surface area contributed by atoms with Gasteiger partial charge < -0.3 is 14.8 Å². The zero-order valence-corrected chi connectivity index (χ0v) is 15.7. The summed E-state index contributed by atoms with van der Waals surface area (Å²) in [6.45, 7) is 0.304. The van der Waals surface area contributed by atoms with Crippen molar-refractivity contribution in [3.8, 4) is 11.5 Å². The SMILES string of the molecule is COc1ccc(CNC(=O)CN2C(=O)c3cccc4cccc2c34)cc1OC. The summed E-state index contributed by atoms with van der Waals surface area (Å²) in [5.74, 6) is 0.859. The van der Waals surface area contributed by atoms with Crippen LogP contribution in [0.4, 0.5) is 5.69 Å². The Labute approximate surface area is 162 Å². The van der Waals surface area contributed by atoms with Crippen LogP contribution in [-0.2, 0) is 11.3 Å². The lowest BCUT2D eigenvalue weighted by molar-refractivity contribution is -0.119. The molecule has 1 N–H and O–H groups in total. The number of nitrogens with zero attached hydrogens (tertiary/aromatic N) is 1. The number of methoxy groups -OCH3 is 2. The number of nitrogens with one attached hydrogen (secondary N) is 1. The lowest BCUT2D eigenvalue weighted by Crippen LogP contribution is -2.38. The molecule has 0 spiro atoms. The Bertz CT molecular complexity index is 1070. The summed E-state index contributed by atoms with van der Waals surface area (Å²) < 4.78 is 10.5. The van der Waals surface area contributed by atoms with Crippen LogP contribution in [-0.4, -0.2) is 32.6 Å². The minimum Gasteiger partial charge on any atom is -0.493 e. The highest BCUT2D eigenvalue weighted by Gasteiger charge is 2.30. The van der Waals surface area contributed by atoms with E-state index in [1.807, 2.05) is 42.5 Å². The van der Waals surface area contributed by atoms with Crippen LogP contribution in [0.3, 0.4) is 0 Å². The number of rotatable bonds is 6. The second-order valence-electron chi connectivity index (χ2n) is 6.54. The quantitative estimate of drug-likeness (QED) is 0.718. The van der Waals surface area contributed by atoms with Crippen molar-refractivity contribution in [3.63, 3.8) is 0 Å². The van der Waals surface area contributed by atoms with Gasteiger partial charge in [0, 0.05) is 17.5 Å². The van der Waals surface area contributed by atoms with Gasteiger partial charge in [-0.25, -0.2) is 0 Å². The number of benzene rings is 3. The number of ether oxygens (including phenoxy) is 2. The zero-order valence-electron chi connectivity index (χ0n) is 15.7. The first-order valence-corrected chi connectivity index (χ1v) is 8.93. The van der Waals surface area contributed by atoms with E-state index in [1.54, 1.807) is 26.4 Å². The third kappa shape index (κ3) is 3.03. The normalized spacial score (nSPS) is 12.4. The number of hydrogen-bond acceptors (Lipinski definition) is 4. The molecular weight excluding hydrogens is 356 g/mol. The highest BCUT2D eigenvalue weighted by Crippen LogP contribution is 2.36. The molecule has 6 nitrogen and oxygen atoms in total. The minimum absolute atomic E-state index is 0.0279. The van der Waals surface area contributed by atoms with Crippen LogP contribution >= 0.6 is 0 Å². The standard InChI is InChI=1S/C22H20N2O4/c1-27-18-10-9-14(11-19(18)28-2)12-23-20(25)13-24-17-8-4-6-15-5-3-7-16(21(15)17)22(24)26/h3-11H,12-13H2,1-2H3,(H,23,25). The predicted molar refractivity (Wildman–Crippen MR) is 107 cm³/mol. The molecule has 28 heavy (non-hydrogen) atoms. The van der Waals surface area contributed by atoms with E-state index >= 15 is 0 Å². The fourth-order valence-electron chi connectivity index (χ4n) is 3.53. The molecule has 1 heterocycles. The Morgan fingerprint density at radius 2 is 1.75 bits per heavy atom. The molecule has 3 aromatic carbocycles. The Kier molecular flexibility index (Phi) is 4.61. The van der Waals surface area contributed by atoms with Crippen LogP contribution in [0.15, 0.2) is 54.6 Å². The summed E-state index contributed by atoms with van der Waals surface area (Å²) in [6.07, 6.45) is 0. The Morgan fingerprint density at radius 1 is 1.00 bits per heavy atom. The van der Waals surface area contributed by atoms with E-state index in [0.29, 0.717) is 23.6 Å². The van der Waals surface area contributed by atoms with Gasteiger partial charge in [-0.1, -0.05) is 30.3 Å². The predicted octanol–water partition coefficient (Wildman–Crippen LogP) is 3.13. The molecule has 0 atom stereocenters. The third-order valence-electron chi connectivity index (χ3n) is 4.89. The van der Waals surface area contributed by atoms with E-state index in [-0.39, 0.29) is 18.4 Å². The van der Waals surface area contributed by atoms with Gasteiger partial charge >= 0.3 is 0 Å². The Balaban J connectivity index is 1.47. The maximum atomic E-state index is 12.8. The first-order chi connectivity index (χ1) is 13.6. The minimum atomic E-state index is -0.229. The topological polar surface area (TPSA) is 67.9 Å². The van der Waals surface area contributed by atoms with Crippen LogP contribution in [0.5, 0.6) is 11.5 Å². The van der Waals surface area contributed by atoms with Gasteiger partial charge in [0.05, 0.1) is 19.9 Å². The van der Waals surface area contributed by atoms with E-state index in [0.717, 1.165) is 22.0 Å². The number of anilines is 1. The molecule has 1 aliphatic rings. The van der Waals surface area contributed by atoms with Crippen LogP contribution in [0.1, 0.15) is 15.9 Å². The van der Waals surface area contributed by atoms with E-state index < -0.39 is 0 Å². The van der Waals surface area contributed by atoms with Crippen LogP contribution in [0.2, 0.25) is 0 Å². The van der Waals surface area contributed by atoms with Gasteiger partial charge in [-0.05, 0) is 35.2 Å². The number of carbonyl (C=O) groups excluding carboxylic acids is 2. The fourth-order valence-corrected chi connectivity index (χ4v) is 3.53. The zero-order chi connectivity index (χ0) is 19.7. The summed E-state index contributed by atoms with van der Waals surface area (Å²) >= 11 is 0. The van der Waals surface area contributed by atoms with Gasteiger partial charge in [-0.2, -0.15) is 0 Å². The van der Waals surface area contributed by atoms with E-state index in [4.69, 9.17) is 9.47 Å². The summed E-state index contributed by atoms with van der Waals surface area (Å²) in [5, 5.41) is 4.77. The third-order valence-corrected chi connectivity index (χ3v) is 4.89. The van der Waals surface area contributed by atoms with Gasteiger partial charge in [0.1, 0.15) is 6.54 Å². The number of amides is 2. The average Bonchev–Trinajstić information content (AvgIpc) is 3.00. The molecule has 0 radical (unpaired) electrons. The molecule has 6 heteroatoms. The molecule has 142 valence electrons. The average molecular weight is 376 g/mol. The largest absolute Gasteiger partial charge is 0.493 e. The lowest BCUT2D eigenvalue weighted by Gasteiger charge is -2.17. The van der Waals surface area contributed by atoms with Crippen molar-refractivity contribution < 1.29 is 19.1 Å². The van der Waals surface area contributed by atoms with Crippen molar-refractivity contribution in [2.45, 2.75) is 6.54 Å². The van der Waals surface area contributed by atoms with Crippen molar-refractivity contribution >= 4 is 28.3 Å². The van der Waals surface area contributed by atoms with Gasteiger partial charge in [-0.15, -0.1) is 0 Å². The first-order valence-electron chi connectivity index (χ1n) is 8.93. The molecule has 1 aliphatic heterocycles. The molecule has 0 saturated heterocycles. The van der Waals surface area contributed by atoms with Crippen LogP contribution in [0, 0.1) is 0 Å². The Hall–Kier alpha value is -3.54. The number of carbonyl (C=O) groups is 2. The highest BCUT2D eigenvalue weighted by molar-refractivity contribution is 6.26. The molecule has 2 amide bonds. The van der Waals surface area contributed by atoms with Crippen molar-refractivity contribution in [2.75, 3.05) is 25.7 Å². The van der Waals surface area contributed by atoms with Gasteiger partial charge in [0.25, 0.3) is 5.91 Å². The monoisotopic (exact) mass is 376 g/mol. The van der Waals surface area contributed by atoms with Crippen molar-refractivity contribution in [1.29, 1.82) is 0 Å². The van der Waals surface area contributed by atoms with Crippen molar-refractivity contribution in [2.24, 2.45) is 0 Å². The molecule has 3 aromatic rings. The van der Waals surface area contributed by atoms with Crippen LogP contribution < -0.4 is 19.7 Å². The Morgan fingerprint density at radius 3 is 2.50 bits per heavy atom. The van der Waals surface area contributed by atoms with Gasteiger partial charge in [0.2, 0.25) is 5.91 Å². The molecule has 0 fully saturated rings. The molecular formula is C22H20N2O4. The molecule has 4 rings (SSSR count). The van der Waals surface area contributed by atoms with E-state index in [2.05, 4.69) is 5.32 Å². The molecule has 0 bridgehead atoms. The smallest absolute Gasteiger partial charge is 0.259 e. The summed E-state index contributed by atoms with van der Waals surface area (Å²) in [4.78, 5) is 26.8. The summed E-state index contributed by atoms with van der Waals surface area (Å²) in [5.41, 5.74) is 2.30. The molecule has 0 unspecified atom stereocenters. The van der Waals surface area contributed by atoms with Crippen molar-refractivity contribution in [1.82, 2.24) is 5.32 Å². The second-order valence-corrected chi connectivity index (χ2v) is 6.54. The maximum absolute atomic E-state index is 12.8. The highest BCUT2D eigenvalue weighted by atomic mass is 16.5. The van der Waals surface area contributed by atoms with Crippen molar-refractivity contribution in [3.05, 3.63) is 65.7 Å². The van der Waals surface area contributed by atoms with Crippen LogP contribution in [0.25, 0.3) is 10.8 Å². The maximum Gasteiger partial charge on any atom is 0.259 e. The fraction of sp³-hybridized carbons (Fsp3) is 0.182. The molecule has 0 saturated carbocycles. The van der Waals surface area contributed by atoms with Gasteiger partial charge in [0.15, 0.2) is 11.5 Å². The van der Waals surface area contributed by atoms with E-state index in [9.17, 15) is 9.59 Å². The summed E-state index contributed by atoms with van der Waals surface area (Å²) in [7, 11) is 3.14. The van der Waals surface area contributed by atoms with Gasteiger partial charge in [-0.3, -0.25) is 14.5 Å². The molecule has 0 aromatic heterocycles. The van der Waals surface area contributed by atoms with E-state index in [1.165, 1.54) is 4.90 Å². The lowest BCUT2D eigenvalue weighted by atomic mass is 10.1. The first kappa shape index (κ1) is 17.9. The summed E-state index contributed by atoms with van der Waals surface area (Å²) in [6, 6.07) is 16.8. The second kappa shape index (κ2) is 7.23. The molecule has 0 aliphatic carbocycles. The number of hydrogen-bond donors (Lipinski definition) is 1.